The van der Waals surface area contributed by atoms with Crippen molar-refractivity contribution in [1.29, 1.82) is 0 Å². The molecule has 1 atom stereocenters. The second-order valence-corrected chi connectivity index (χ2v) is 7.32. The quantitative estimate of drug-likeness (QED) is 0.588. The van der Waals surface area contributed by atoms with Crippen molar-refractivity contribution in [2.24, 2.45) is 0 Å². The van der Waals surface area contributed by atoms with Crippen molar-refractivity contribution < 1.29 is 23.5 Å². The molecule has 7 nitrogen and oxygen atoms in total. The Morgan fingerprint density at radius 3 is 2.58 bits per heavy atom. The van der Waals surface area contributed by atoms with E-state index in [4.69, 9.17) is 4.42 Å². The Morgan fingerprint density at radius 1 is 1.23 bits per heavy atom. The molecule has 2 aliphatic heterocycles. The number of thioether (sulfide) groups is 1. The highest BCUT2D eigenvalue weighted by molar-refractivity contribution is 8.18. The normalized spacial score (nSPS) is 21.2. The summed E-state index contributed by atoms with van der Waals surface area (Å²) < 4.78 is 10.5. The second-order valence-electron chi connectivity index (χ2n) is 6.33. The van der Waals surface area contributed by atoms with Crippen molar-refractivity contribution in [2.45, 2.75) is 38.6 Å². The average Bonchev–Trinajstić information content (AvgIpc) is 3.07. The van der Waals surface area contributed by atoms with E-state index in [1.807, 2.05) is 6.07 Å². The van der Waals surface area contributed by atoms with Crippen molar-refractivity contribution in [3.8, 4) is 0 Å². The van der Waals surface area contributed by atoms with Crippen LogP contribution in [0.5, 0.6) is 0 Å². The van der Waals surface area contributed by atoms with Gasteiger partial charge < -0.3 is 14.1 Å². The summed E-state index contributed by atoms with van der Waals surface area (Å²) in [6.07, 6.45) is 6.29. The summed E-state index contributed by atoms with van der Waals surface area (Å²) in [4.78, 5) is 39.6. The number of amides is 2. The zero-order chi connectivity index (χ0) is 18.7. The van der Waals surface area contributed by atoms with Crippen LogP contribution in [-0.4, -0.2) is 48.3 Å². The predicted molar refractivity (Wildman–Crippen MR) is 98.7 cm³/mol. The molecule has 3 rings (SSSR count). The molecule has 140 valence electrons. The largest absolute Gasteiger partial charge is 0.467 e. The van der Waals surface area contributed by atoms with Crippen LogP contribution in [0.1, 0.15) is 38.4 Å². The number of hydrogen-bond acceptors (Lipinski definition) is 7. The summed E-state index contributed by atoms with van der Waals surface area (Å²) in [5.41, 5.74) is 0. The van der Waals surface area contributed by atoms with E-state index in [9.17, 15) is 14.4 Å². The van der Waals surface area contributed by atoms with Gasteiger partial charge in [0, 0.05) is 25.2 Å². The highest BCUT2D eigenvalue weighted by atomic mass is 32.2. The van der Waals surface area contributed by atoms with E-state index in [1.165, 1.54) is 26.9 Å². The Morgan fingerprint density at radius 2 is 1.92 bits per heavy atom. The van der Waals surface area contributed by atoms with Gasteiger partial charge in [-0.05, 0) is 37.6 Å². The standard InChI is InChI=1S/C18H22N2O5S/c1-12(17(22)24-2)20-16(21)14(26-18(20)23)11-13-7-8-15(25-13)19-9-5-3-4-6-10-19/h7-8,11-12H,3-6,9-10H2,1-2H3/b14-11+/t12-/m0/s1. The summed E-state index contributed by atoms with van der Waals surface area (Å²) in [6.45, 7) is 3.38. The van der Waals surface area contributed by atoms with E-state index in [2.05, 4.69) is 9.64 Å². The second kappa shape index (κ2) is 7.99. The first-order valence-corrected chi connectivity index (χ1v) is 9.52. The molecule has 8 heteroatoms. The summed E-state index contributed by atoms with van der Waals surface area (Å²) in [5, 5.41) is -0.488. The molecule has 0 bridgehead atoms. The minimum atomic E-state index is -0.956. The van der Waals surface area contributed by atoms with Crippen LogP contribution < -0.4 is 4.90 Å². The van der Waals surface area contributed by atoms with Gasteiger partial charge in [-0.1, -0.05) is 12.8 Å². The molecule has 2 amide bonds. The first-order valence-electron chi connectivity index (χ1n) is 8.71. The molecule has 2 fully saturated rings. The zero-order valence-electron chi connectivity index (χ0n) is 14.9. The number of furan rings is 1. The van der Waals surface area contributed by atoms with Gasteiger partial charge >= 0.3 is 5.97 Å². The van der Waals surface area contributed by atoms with Crippen LogP contribution in [0.4, 0.5) is 10.7 Å². The van der Waals surface area contributed by atoms with E-state index in [0.717, 1.165) is 48.5 Å². The zero-order valence-corrected chi connectivity index (χ0v) is 15.7. The van der Waals surface area contributed by atoms with Crippen molar-refractivity contribution in [2.75, 3.05) is 25.1 Å². The number of esters is 1. The fraction of sp³-hybridized carbons (Fsp3) is 0.500. The Labute approximate surface area is 156 Å². The summed E-state index contributed by atoms with van der Waals surface area (Å²) in [6, 6.07) is 2.72. The van der Waals surface area contributed by atoms with E-state index in [0.29, 0.717) is 5.76 Å². The maximum atomic E-state index is 12.5. The molecule has 0 saturated carbocycles. The highest BCUT2D eigenvalue weighted by Crippen LogP contribution is 2.34. The van der Waals surface area contributed by atoms with E-state index in [1.54, 1.807) is 12.1 Å². The van der Waals surface area contributed by atoms with E-state index < -0.39 is 23.2 Å². The summed E-state index contributed by atoms with van der Waals surface area (Å²) in [5.74, 6) is 0.154. The van der Waals surface area contributed by atoms with Crippen LogP contribution in [0, 0.1) is 0 Å². The van der Waals surface area contributed by atoms with Gasteiger partial charge in [0.2, 0.25) is 0 Å². The number of rotatable bonds is 4. The molecule has 1 aromatic rings. The number of ether oxygens (including phenoxy) is 1. The lowest BCUT2D eigenvalue weighted by Gasteiger charge is -2.18. The summed E-state index contributed by atoms with van der Waals surface area (Å²) in [7, 11) is 1.22. The Bertz CT molecular complexity index is 734. The molecule has 0 radical (unpaired) electrons. The third-order valence-electron chi connectivity index (χ3n) is 4.56. The number of anilines is 1. The Kier molecular flexibility index (Phi) is 5.70. The van der Waals surface area contributed by atoms with Gasteiger partial charge in [-0.25, -0.2) is 4.79 Å². The lowest BCUT2D eigenvalue weighted by molar-refractivity contribution is -0.148. The van der Waals surface area contributed by atoms with Crippen LogP contribution in [0.3, 0.4) is 0 Å². The molecule has 0 aliphatic carbocycles. The molecule has 2 aliphatic rings. The van der Waals surface area contributed by atoms with Crippen LogP contribution in [-0.2, 0) is 14.3 Å². The smallest absolute Gasteiger partial charge is 0.328 e. The monoisotopic (exact) mass is 378 g/mol. The number of imide groups is 1. The van der Waals surface area contributed by atoms with E-state index >= 15 is 0 Å². The SMILES string of the molecule is COC(=O)[C@H](C)N1C(=O)S/C(=C/c2ccc(N3CCCCCC3)o2)C1=O. The number of nitrogens with zero attached hydrogens (tertiary/aromatic N) is 2. The van der Waals surface area contributed by atoms with Crippen molar-refractivity contribution in [3.05, 3.63) is 22.8 Å². The molecule has 26 heavy (non-hydrogen) atoms. The van der Waals surface area contributed by atoms with Crippen LogP contribution in [0.15, 0.2) is 21.5 Å². The first kappa shape index (κ1) is 18.6. The van der Waals surface area contributed by atoms with Gasteiger partial charge in [-0.15, -0.1) is 0 Å². The lowest BCUT2D eigenvalue weighted by atomic mass is 10.2. The Hall–Kier alpha value is -2.22. The maximum Gasteiger partial charge on any atom is 0.328 e. The third-order valence-corrected chi connectivity index (χ3v) is 5.44. The minimum Gasteiger partial charge on any atom is -0.467 e. The van der Waals surface area contributed by atoms with Crippen LogP contribution in [0.2, 0.25) is 0 Å². The topological polar surface area (TPSA) is 80.1 Å². The maximum absolute atomic E-state index is 12.5. The fourth-order valence-electron chi connectivity index (χ4n) is 3.10. The van der Waals surface area contributed by atoms with Gasteiger partial charge in [0.1, 0.15) is 11.8 Å². The highest BCUT2D eigenvalue weighted by Gasteiger charge is 2.41. The van der Waals surface area contributed by atoms with Gasteiger partial charge in [-0.3, -0.25) is 14.5 Å². The number of carbonyl (C=O) groups excluding carboxylic acids is 3. The molecule has 1 aromatic heterocycles. The lowest BCUT2D eigenvalue weighted by Crippen LogP contribution is -2.42. The van der Waals surface area contributed by atoms with Crippen molar-refractivity contribution >= 4 is 40.8 Å². The molecule has 0 N–H and O–H groups in total. The molecule has 0 unspecified atom stereocenters. The van der Waals surface area contributed by atoms with Crippen molar-refractivity contribution in [3.63, 3.8) is 0 Å². The van der Waals surface area contributed by atoms with Gasteiger partial charge in [0.15, 0.2) is 5.88 Å². The number of hydrogen-bond donors (Lipinski definition) is 0. The van der Waals surface area contributed by atoms with E-state index in [-0.39, 0.29) is 4.91 Å². The van der Waals surface area contributed by atoms with Crippen molar-refractivity contribution in [1.82, 2.24) is 4.90 Å². The van der Waals surface area contributed by atoms with Gasteiger partial charge in [-0.2, -0.15) is 0 Å². The fourth-order valence-corrected chi connectivity index (χ4v) is 3.99. The molecule has 0 aromatic carbocycles. The minimum absolute atomic E-state index is 0.238. The molecule has 0 spiro atoms. The molecular weight excluding hydrogens is 356 g/mol. The number of methoxy groups -OCH3 is 1. The summed E-state index contributed by atoms with van der Waals surface area (Å²) >= 11 is 0.798. The molecule has 2 saturated heterocycles. The van der Waals surface area contributed by atoms with Crippen LogP contribution in [0.25, 0.3) is 6.08 Å². The van der Waals surface area contributed by atoms with Crippen LogP contribution >= 0.6 is 11.8 Å². The molecule has 3 heterocycles. The Balaban J connectivity index is 1.75. The third kappa shape index (κ3) is 3.80. The van der Waals surface area contributed by atoms with Gasteiger partial charge in [0.25, 0.3) is 11.1 Å². The average molecular weight is 378 g/mol. The first-order chi connectivity index (χ1) is 12.5. The van der Waals surface area contributed by atoms with Gasteiger partial charge in [0.05, 0.1) is 12.0 Å². The molecular formula is C18H22N2O5S. The predicted octanol–water partition coefficient (Wildman–Crippen LogP) is 3.26. The number of carbonyl (C=O) groups is 3.